The van der Waals surface area contributed by atoms with Crippen molar-refractivity contribution >= 4 is 11.6 Å². The van der Waals surface area contributed by atoms with Crippen LogP contribution < -0.4 is 10.6 Å². The van der Waals surface area contributed by atoms with Gasteiger partial charge in [-0.25, -0.2) is 0 Å². The number of hydrogen-bond acceptors (Lipinski definition) is 2. The predicted molar refractivity (Wildman–Crippen MR) is 83.2 cm³/mol. The minimum Gasteiger partial charge on any atom is -0.322 e. The summed E-state index contributed by atoms with van der Waals surface area (Å²) in [5.41, 5.74) is 3.73. The van der Waals surface area contributed by atoms with Crippen LogP contribution in [0.1, 0.15) is 21.5 Å². The fourth-order valence-electron chi connectivity index (χ4n) is 2.12. The Morgan fingerprint density at radius 3 is 2.50 bits per heavy atom. The van der Waals surface area contributed by atoms with E-state index in [1.54, 1.807) is 0 Å². The molecule has 0 fully saturated rings. The molecule has 0 aromatic heterocycles. The van der Waals surface area contributed by atoms with E-state index in [2.05, 4.69) is 10.6 Å². The molecule has 0 saturated carbocycles. The first-order chi connectivity index (χ1) is 9.72. The van der Waals surface area contributed by atoms with Gasteiger partial charge < -0.3 is 10.6 Å². The van der Waals surface area contributed by atoms with Crippen LogP contribution in [0.2, 0.25) is 0 Å². The molecule has 0 heterocycles. The van der Waals surface area contributed by atoms with E-state index in [0.717, 1.165) is 35.3 Å². The number of likely N-dealkylation sites (N-methyl/N-ethyl adjacent to an activating group) is 1. The maximum Gasteiger partial charge on any atom is 0.255 e. The number of aryl methyl sites for hydroxylation is 1. The molecule has 0 saturated heterocycles. The molecule has 0 bridgehead atoms. The van der Waals surface area contributed by atoms with Gasteiger partial charge in [0.2, 0.25) is 0 Å². The molecule has 2 aromatic rings. The summed E-state index contributed by atoms with van der Waals surface area (Å²) in [5, 5.41) is 6.09. The van der Waals surface area contributed by atoms with Crippen molar-refractivity contribution in [1.29, 1.82) is 0 Å². The van der Waals surface area contributed by atoms with Gasteiger partial charge >= 0.3 is 0 Å². The number of carbonyl (C=O) groups excluding carboxylic acids is 1. The predicted octanol–water partition coefficient (Wildman–Crippen LogP) is 3.01. The summed E-state index contributed by atoms with van der Waals surface area (Å²) in [4.78, 5) is 12.4. The monoisotopic (exact) mass is 268 g/mol. The second-order valence-electron chi connectivity index (χ2n) is 4.78. The molecule has 0 aliphatic carbocycles. The standard InChI is InChI=1S/C17H20N2O/c1-13-7-3-6-10-16(13)19-17(20)15-9-5-4-8-14(15)11-12-18-2/h3-10,18H,11-12H2,1-2H3,(H,19,20). The van der Waals surface area contributed by atoms with Crippen LogP contribution >= 0.6 is 0 Å². The molecule has 3 heteroatoms. The lowest BCUT2D eigenvalue weighted by Crippen LogP contribution is -2.17. The average molecular weight is 268 g/mol. The van der Waals surface area contributed by atoms with Crippen LogP contribution in [0.4, 0.5) is 5.69 Å². The molecular weight excluding hydrogens is 248 g/mol. The molecule has 20 heavy (non-hydrogen) atoms. The van der Waals surface area contributed by atoms with Crippen molar-refractivity contribution in [2.45, 2.75) is 13.3 Å². The number of rotatable bonds is 5. The van der Waals surface area contributed by atoms with Crippen LogP contribution in [0.3, 0.4) is 0 Å². The summed E-state index contributed by atoms with van der Waals surface area (Å²) in [6.07, 6.45) is 0.841. The first-order valence-electron chi connectivity index (χ1n) is 6.82. The fourth-order valence-corrected chi connectivity index (χ4v) is 2.12. The van der Waals surface area contributed by atoms with Crippen molar-refractivity contribution in [3.8, 4) is 0 Å². The summed E-state index contributed by atoms with van der Waals surface area (Å²) in [5.74, 6) is -0.0500. The first-order valence-corrected chi connectivity index (χ1v) is 6.82. The van der Waals surface area contributed by atoms with E-state index in [9.17, 15) is 4.79 Å². The van der Waals surface area contributed by atoms with E-state index in [1.807, 2.05) is 62.5 Å². The second kappa shape index (κ2) is 6.87. The van der Waals surface area contributed by atoms with Gasteiger partial charge in [-0.15, -0.1) is 0 Å². The number of anilines is 1. The Morgan fingerprint density at radius 2 is 1.75 bits per heavy atom. The van der Waals surface area contributed by atoms with Crippen molar-refractivity contribution in [3.63, 3.8) is 0 Å². The van der Waals surface area contributed by atoms with Crippen molar-refractivity contribution in [1.82, 2.24) is 5.32 Å². The van der Waals surface area contributed by atoms with Gasteiger partial charge in [-0.05, 0) is 50.2 Å². The van der Waals surface area contributed by atoms with E-state index < -0.39 is 0 Å². The van der Waals surface area contributed by atoms with Crippen LogP contribution in [0.15, 0.2) is 48.5 Å². The highest BCUT2D eigenvalue weighted by Crippen LogP contribution is 2.16. The molecular formula is C17H20N2O. The molecule has 0 unspecified atom stereocenters. The number of nitrogens with one attached hydrogen (secondary N) is 2. The summed E-state index contributed by atoms with van der Waals surface area (Å²) >= 11 is 0. The van der Waals surface area contributed by atoms with E-state index >= 15 is 0 Å². The Labute approximate surface area is 120 Å². The molecule has 0 radical (unpaired) electrons. The van der Waals surface area contributed by atoms with Gasteiger partial charge in [0.25, 0.3) is 5.91 Å². The lowest BCUT2D eigenvalue weighted by atomic mass is 10.0. The smallest absolute Gasteiger partial charge is 0.255 e. The quantitative estimate of drug-likeness (QED) is 0.875. The zero-order chi connectivity index (χ0) is 14.4. The Balaban J connectivity index is 2.19. The Kier molecular flexibility index (Phi) is 4.91. The highest BCUT2D eigenvalue weighted by molar-refractivity contribution is 6.05. The maximum absolute atomic E-state index is 12.4. The highest BCUT2D eigenvalue weighted by atomic mass is 16.1. The minimum absolute atomic E-state index is 0.0500. The largest absolute Gasteiger partial charge is 0.322 e. The van der Waals surface area contributed by atoms with Crippen molar-refractivity contribution < 1.29 is 4.79 Å². The van der Waals surface area contributed by atoms with E-state index in [4.69, 9.17) is 0 Å². The van der Waals surface area contributed by atoms with Crippen molar-refractivity contribution in [3.05, 3.63) is 65.2 Å². The van der Waals surface area contributed by atoms with Gasteiger partial charge in [0, 0.05) is 11.3 Å². The van der Waals surface area contributed by atoms with Crippen molar-refractivity contribution in [2.75, 3.05) is 18.9 Å². The number of hydrogen-bond donors (Lipinski definition) is 2. The number of carbonyl (C=O) groups is 1. The van der Waals surface area contributed by atoms with Crippen LogP contribution in [0.25, 0.3) is 0 Å². The number of amides is 1. The van der Waals surface area contributed by atoms with E-state index in [-0.39, 0.29) is 5.91 Å². The molecule has 2 N–H and O–H groups in total. The minimum atomic E-state index is -0.0500. The van der Waals surface area contributed by atoms with Crippen molar-refractivity contribution in [2.24, 2.45) is 0 Å². The second-order valence-corrected chi connectivity index (χ2v) is 4.78. The Hall–Kier alpha value is -2.13. The van der Waals surface area contributed by atoms with Crippen LogP contribution in [-0.2, 0) is 6.42 Å². The molecule has 0 aliphatic heterocycles. The van der Waals surface area contributed by atoms with Gasteiger partial charge in [-0.3, -0.25) is 4.79 Å². The third-order valence-corrected chi connectivity index (χ3v) is 3.30. The lowest BCUT2D eigenvalue weighted by molar-refractivity contribution is 0.102. The molecule has 1 amide bonds. The fraction of sp³-hybridized carbons (Fsp3) is 0.235. The third kappa shape index (κ3) is 3.45. The zero-order valence-corrected chi connectivity index (χ0v) is 11.9. The summed E-state index contributed by atoms with van der Waals surface area (Å²) < 4.78 is 0. The molecule has 0 spiro atoms. The summed E-state index contributed by atoms with van der Waals surface area (Å²) in [7, 11) is 1.91. The summed E-state index contributed by atoms with van der Waals surface area (Å²) in [6.45, 7) is 2.84. The SMILES string of the molecule is CNCCc1ccccc1C(=O)Nc1ccccc1C. The van der Waals surface area contributed by atoms with Gasteiger partial charge in [-0.1, -0.05) is 36.4 Å². The summed E-state index contributed by atoms with van der Waals surface area (Å²) in [6, 6.07) is 15.5. The lowest BCUT2D eigenvalue weighted by Gasteiger charge is -2.11. The molecule has 2 aromatic carbocycles. The topological polar surface area (TPSA) is 41.1 Å². The number of para-hydroxylation sites is 1. The normalized spacial score (nSPS) is 10.3. The van der Waals surface area contributed by atoms with Gasteiger partial charge in [0.05, 0.1) is 0 Å². The number of benzene rings is 2. The van der Waals surface area contributed by atoms with E-state index in [0.29, 0.717) is 0 Å². The molecule has 0 atom stereocenters. The maximum atomic E-state index is 12.4. The Bertz CT molecular complexity index is 593. The van der Waals surface area contributed by atoms with Crippen LogP contribution in [-0.4, -0.2) is 19.5 Å². The third-order valence-electron chi connectivity index (χ3n) is 3.30. The molecule has 3 nitrogen and oxygen atoms in total. The zero-order valence-electron chi connectivity index (χ0n) is 11.9. The van der Waals surface area contributed by atoms with Gasteiger partial charge in [0.15, 0.2) is 0 Å². The van der Waals surface area contributed by atoms with Crippen LogP contribution in [0.5, 0.6) is 0 Å². The molecule has 104 valence electrons. The molecule has 2 rings (SSSR count). The Morgan fingerprint density at radius 1 is 1.05 bits per heavy atom. The first kappa shape index (κ1) is 14.3. The van der Waals surface area contributed by atoms with Gasteiger partial charge in [-0.2, -0.15) is 0 Å². The molecule has 0 aliphatic rings. The highest BCUT2D eigenvalue weighted by Gasteiger charge is 2.11. The van der Waals surface area contributed by atoms with E-state index in [1.165, 1.54) is 0 Å². The average Bonchev–Trinajstić information content (AvgIpc) is 2.47. The van der Waals surface area contributed by atoms with Crippen LogP contribution in [0, 0.1) is 6.92 Å². The van der Waals surface area contributed by atoms with Gasteiger partial charge in [0.1, 0.15) is 0 Å².